The summed E-state index contributed by atoms with van der Waals surface area (Å²) in [5, 5.41) is 10.1. The lowest BCUT2D eigenvalue weighted by Gasteiger charge is -2.34. The Kier molecular flexibility index (Phi) is 4.05. The number of H-pyrrole nitrogens is 1. The summed E-state index contributed by atoms with van der Waals surface area (Å²) in [4.78, 5) is 17.7. The zero-order chi connectivity index (χ0) is 14.8. The highest BCUT2D eigenvalue weighted by Crippen LogP contribution is 2.14. The SMILES string of the molecule is Cc1ccc2[nH]c(CN3CCOCC3CO)cc(=O)c2c1. The van der Waals surface area contributed by atoms with Crippen LogP contribution in [0.2, 0.25) is 0 Å². The Balaban J connectivity index is 1.90. The molecule has 0 spiro atoms. The highest BCUT2D eigenvalue weighted by molar-refractivity contribution is 5.79. The molecule has 1 aromatic heterocycles. The summed E-state index contributed by atoms with van der Waals surface area (Å²) in [7, 11) is 0. The molecule has 2 heterocycles. The first kappa shape index (κ1) is 14.3. The van der Waals surface area contributed by atoms with E-state index in [1.165, 1.54) is 0 Å². The maximum Gasteiger partial charge on any atom is 0.189 e. The van der Waals surface area contributed by atoms with Gasteiger partial charge in [0.1, 0.15) is 0 Å². The predicted octanol–water partition coefficient (Wildman–Crippen LogP) is 1.03. The molecule has 0 saturated carbocycles. The Morgan fingerprint density at radius 3 is 3.10 bits per heavy atom. The topological polar surface area (TPSA) is 65.6 Å². The summed E-state index contributed by atoms with van der Waals surface area (Å²) in [6.45, 7) is 4.62. The summed E-state index contributed by atoms with van der Waals surface area (Å²) < 4.78 is 5.37. The quantitative estimate of drug-likeness (QED) is 0.885. The smallest absolute Gasteiger partial charge is 0.189 e. The number of ether oxygens (including phenoxy) is 1. The summed E-state index contributed by atoms with van der Waals surface area (Å²) in [6, 6.07) is 7.50. The van der Waals surface area contributed by atoms with Crippen LogP contribution < -0.4 is 5.43 Å². The largest absolute Gasteiger partial charge is 0.395 e. The van der Waals surface area contributed by atoms with E-state index in [1.807, 2.05) is 25.1 Å². The van der Waals surface area contributed by atoms with Gasteiger partial charge in [-0.15, -0.1) is 0 Å². The monoisotopic (exact) mass is 288 g/mol. The molecule has 5 nitrogen and oxygen atoms in total. The van der Waals surface area contributed by atoms with Crippen LogP contribution in [-0.4, -0.2) is 47.4 Å². The Morgan fingerprint density at radius 2 is 2.29 bits per heavy atom. The number of aliphatic hydroxyl groups excluding tert-OH is 1. The van der Waals surface area contributed by atoms with Crippen LogP contribution >= 0.6 is 0 Å². The van der Waals surface area contributed by atoms with E-state index < -0.39 is 0 Å². The van der Waals surface area contributed by atoms with Crippen molar-refractivity contribution in [2.75, 3.05) is 26.4 Å². The number of hydrogen-bond acceptors (Lipinski definition) is 4. The molecule has 0 bridgehead atoms. The average molecular weight is 288 g/mol. The molecule has 3 rings (SSSR count). The molecule has 5 heteroatoms. The summed E-state index contributed by atoms with van der Waals surface area (Å²) in [6.07, 6.45) is 0. The molecule has 1 aliphatic rings. The Labute approximate surface area is 123 Å². The van der Waals surface area contributed by atoms with Crippen LogP contribution in [0.25, 0.3) is 10.9 Å². The highest BCUT2D eigenvalue weighted by Gasteiger charge is 2.22. The van der Waals surface area contributed by atoms with Gasteiger partial charge < -0.3 is 14.8 Å². The number of benzene rings is 1. The van der Waals surface area contributed by atoms with E-state index in [4.69, 9.17) is 4.74 Å². The van der Waals surface area contributed by atoms with E-state index in [0.29, 0.717) is 19.8 Å². The molecule has 1 aromatic carbocycles. The maximum atomic E-state index is 12.2. The maximum absolute atomic E-state index is 12.2. The van der Waals surface area contributed by atoms with Crippen molar-refractivity contribution in [1.29, 1.82) is 0 Å². The van der Waals surface area contributed by atoms with Gasteiger partial charge in [0.2, 0.25) is 0 Å². The van der Waals surface area contributed by atoms with Crippen LogP contribution in [0.15, 0.2) is 29.1 Å². The molecule has 112 valence electrons. The van der Waals surface area contributed by atoms with Crippen LogP contribution in [0.3, 0.4) is 0 Å². The van der Waals surface area contributed by atoms with Crippen LogP contribution in [0, 0.1) is 6.92 Å². The lowest BCUT2D eigenvalue weighted by Crippen LogP contribution is -2.47. The number of nitrogens with zero attached hydrogens (tertiary/aromatic N) is 1. The normalized spacial score (nSPS) is 20.0. The molecule has 1 fully saturated rings. The summed E-state index contributed by atoms with van der Waals surface area (Å²) in [5.41, 5.74) is 2.85. The highest BCUT2D eigenvalue weighted by atomic mass is 16.5. The summed E-state index contributed by atoms with van der Waals surface area (Å²) >= 11 is 0. The van der Waals surface area contributed by atoms with Crippen molar-refractivity contribution in [3.8, 4) is 0 Å². The van der Waals surface area contributed by atoms with E-state index in [0.717, 1.165) is 28.7 Å². The van der Waals surface area contributed by atoms with E-state index >= 15 is 0 Å². The second-order valence-electron chi connectivity index (χ2n) is 5.59. The van der Waals surface area contributed by atoms with Crippen molar-refractivity contribution in [3.05, 3.63) is 45.7 Å². The third-order valence-corrected chi connectivity index (χ3v) is 3.97. The molecule has 1 aliphatic heterocycles. The van der Waals surface area contributed by atoms with Crippen molar-refractivity contribution < 1.29 is 9.84 Å². The zero-order valence-corrected chi connectivity index (χ0v) is 12.1. The fourth-order valence-electron chi connectivity index (χ4n) is 2.79. The minimum absolute atomic E-state index is 0.00373. The minimum atomic E-state index is -0.00373. The van der Waals surface area contributed by atoms with E-state index in [2.05, 4.69) is 9.88 Å². The number of pyridine rings is 1. The number of aromatic nitrogens is 1. The number of nitrogens with one attached hydrogen (secondary N) is 1. The second-order valence-corrected chi connectivity index (χ2v) is 5.59. The van der Waals surface area contributed by atoms with Gasteiger partial charge in [0, 0.05) is 35.8 Å². The van der Waals surface area contributed by atoms with Gasteiger partial charge in [-0.2, -0.15) is 0 Å². The van der Waals surface area contributed by atoms with Gasteiger partial charge in [-0.25, -0.2) is 0 Å². The second kappa shape index (κ2) is 5.97. The van der Waals surface area contributed by atoms with Gasteiger partial charge in [-0.3, -0.25) is 9.69 Å². The van der Waals surface area contributed by atoms with E-state index in [-0.39, 0.29) is 18.1 Å². The Morgan fingerprint density at radius 1 is 1.43 bits per heavy atom. The van der Waals surface area contributed by atoms with Crippen molar-refractivity contribution in [3.63, 3.8) is 0 Å². The molecular weight excluding hydrogens is 268 g/mol. The van der Waals surface area contributed by atoms with Crippen molar-refractivity contribution >= 4 is 10.9 Å². The number of hydrogen-bond donors (Lipinski definition) is 2. The number of aryl methyl sites for hydroxylation is 1. The van der Waals surface area contributed by atoms with Gasteiger partial charge in [0.05, 0.1) is 25.9 Å². The molecule has 2 aromatic rings. The molecule has 0 amide bonds. The molecule has 1 unspecified atom stereocenters. The van der Waals surface area contributed by atoms with Gasteiger partial charge in [0.15, 0.2) is 5.43 Å². The number of aliphatic hydroxyl groups is 1. The standard InChI is InChI=1S/C16H20N2O3/c1-11-2-3-15-14(6-11)16(20)7-12(17-15)8-18-4-5-21-10-13(18)9-19/h2-3,6-7,13,19H,4-5,8-10H2,1H3,(H,17,20). The van der Waals surface area contributed by atoms with Gasteiger partial charge in [-0.05, 0) is 19.1 Å². The lowest BCUT2D eigenvalue weighted by atomic mass is 10.1. The first-order valence-corrected chi connectivity index (χ1v) is 7.22. The Hall–Kier alpha value is -1.69. The van der Waals surface area contributed by atoms with Gasteiger partial charge in [0.25, 0.3) is 0 Å². The van der Waals surface area contributed by atoms with Gasteiger partial charge in [-0.1, -0.05) is 11.6 Å². The first-order valence-electron chi connectivity index (χ1n) is 7.22. The lowest BCUT2D eigenvalue weighted by molar-refractivity contribution is -0.0317. The van der Waals surface area contributed by atoms with Crippen LogP contribution in [0.4, 0.5) is 0 Å². The zero-order valence-electron chi connectivity index (χ0n) is 12.1. The minimum Gasteiger partial charge on any atom is -0.395 e. The molecule has 21 heavy (non-hydrogen) atoms. The molecule has 0 aliphatic carbocycles. The third kappa shape index (κ3) is 3.00. The van der Waals surface area contributed by atoms with E-state index in [9.17, 15) is 9.90 Å². The van der Waals surface area contributed by atoms with E-state index in [1.54, 1.807) is 6.07 Å². The molecule has 1 saturated heterocycles. The number of aromatic amines is 1. The van der Waals surface area contributed by atoms with Crippen LogP contribution in [0.1, 0.15) is 11.3 Å². The molecule has 2 N–H and O–H groups in total. The first-order chi connectivity index (χ1) is 10.2. The molecule has 1 atom stereocenters. The van der Waals surface area contributed by atoms with Crippen LogP contribution in [-0.2, 0) is 11.3 Å². The van der Waals surface area contributed by atoms with Crippen LogP contribution in [0.5, 0.6) is 0 Å². The Bertz CT molecular complexity index is 695. The fraction of sp³-hybridized carbons (Fsp3) is 0.438. The van der Waals surface area contributed by atoms with Crippen molar-refractivity contribution in [2.24, 2.45) is 0 Å². The summed E-state index contributed by atoms with van der Waals surface area (Å²) in [5.74, 6) is 0. The third-order valence-electron chi connectivity index (χ3n) is 3.97. The van der Waals surface area contributed by atoms with Crippen molar-refractivity contribution in [2.45, 2.75) is 19.5 Å². The number of fused-ring (bicyclic) bond motifs is 1. The predicted molar refractivity (Wildman–Crippen MR) is 81.4 cm³/mol. The van der Waals surface area contributed by atoms with Gasteiger partial charge >= 0.3 is 0 Å². The number of morpholine rings is 1. The average Bonchev–Trinajstić information content (AvgIpc) is 2.49. The fourth-order valence-corrected chi connectivity index (χ4v) is 2.79. The molecular formula is C16H20N2O3. The van der Waals surface area contributed by atoms with Crippen molar-refractivity contribution in [1.82, 2.24) is 9.88 Å². The number of rotatable bonds is 3. The molecule has 0 radical (unpaired) electrons.